The molecule has 2 aromatic heterocycles. The summed E-state index contributed by atoms with van der Waals surface area (Å²) in [5.41, 5.74) is 2.07. The van der Waals surface area contributed by atoms with Crippen molar-refractivity contribution in [1.82, 2.24) is 19.4 Å². The lowest BCUT2D eigenvalue weighted by Crippen LogP contribution is -2.35. The number of fused-ring (bicyclic) bond motifs is 1. The van der Waals surface area contributed by atoms with Crippen LogP contribution in [0.1, 0.15) is 43.5 Å². The number of piperidine rings is 1. The normalized spacial score (nSPS) is 27.3. The number of nitrogens with zero attached hydrogens (tertiary/aromatic N) is 4. The van der Waals surface area contributed by atoms with Gasteiger partial charge in [0.05, 0.1) is 6.61 Å². The van der Waals surface area contributed by atoms with E-state index >= 15 is 0 Å². The maximum absolute atomic E-state index is 5.71. The number of rotatable bonds is 2. The minimum atomic E-state index is 0.412. The van der Waals surface area contributed by atoms with Crippen LogP contribution in [0.25, 0.3) is 11.2 Å². The highest BCUT2D eigenvalue weighted by Gasteiger charge is 2.28. The van der Waals surface area contributed by atoms with Crippen molar-refractivity contribution in [2.24, 2.45) is 0 Å². The van der Waals surface area contributed by atoms with Crippen molar-refractivity contribution in [3.63, 3.8) is 0 Å². The molecule has 2 aromatic rings. The number of imidazole rings is 1. The summed E-state index contributed by atoms with van der Waals surface area (Å²) in [7, 11) is 2.21. The van der Waals surface area contributed by atoms with E-state index in [1.54, 1.807) is 0 Å². The van der Waals surface area contributed by atoms with Gasteiger partial charge in [0.1, 0.15) is 11.3 Å². The molecule has 2 aliphatic rings. The van der Waals surface area contributed by atoms with E-state index in [0.717, 1.165) is 37.3 Å². The van der Waals surface area contributed by atoms with Gasteiger partial charge in [-0.15, -0.1) is 0 Å². The van der Waals surface area contributed by atoms with Crippen LogP contribution in [-0.2, 0) is 4.74 Å². The first-order chi connectivity index (χ1) is 10.8. The zero-order chi connectivity index (χ0) is 14.9. The van der Waals surface area contributed by atoms with Crippen molar-refractivity contribution in [2.75, 3.05) is 33.4 Å². The van der Waals surface area contributed by atoms with Crippen LogP contribution >= 0.6 is 0 Å². The smallest absolute Gasteiger partial charge is 0.160 e. The van der Waals surface area contributed by atoms with Gasteiger partial charge in [-0.05, 0) is 51.4 Å². The molecule has 2 saturated heterocycles. The molecule has 118 valence electrons. The van der Waals surface area contributed by atoms with Crippen LogP contribution in [0.15, 0.2) is 18.3 Å². The summed E-state index contributed by atoms with van der Waals surface area (Å²) in [5.74, 6) is 1.60. The van der Waals surface area contributed by atoms with E-state index in [2.05, 4.69) is 27.6 Å². The first kappa shape index (κ1) is 14.2. The quantitative estimate of drug-likeness (QED) is 0.855. The second kappa shape index (κ2) is 5.97. The zero-order valence-electron chi connectivity index (χ0n) is 13.2. The van der Waals surface area contributed by atoms with Crippen molar-refractivity contribution in [2.45, 2.75) is 37.6 Å². The lowest BCUT2D eigenvalue weighted by molar-refractivity contribution is 0.0758. The second-order valence-corrected chi connectivity index (χ2v) is 6.66. The summed E-state index contributed by atoms with van der Waals surface area (Å²) in [6.07, 6.45) is 6.65. The van der Waals surface area contributed by atoms with Crippen molar-refractivity contribution in [3.8, 4) is 0 Å². The molecule has 0 aromatic carbocycles. The van der Waals surface area contributed by atoms with Crippen molar-refractivity contribution < 1.29 is 4.74 Å². The summed E-state index contributed by atoms with van der Waals surface area (Å²) >= 11 is 0. The first-order valence-corrected chi connectivity index (χ1v) is 8.42. The molecule has 4 heterocycles. The van der Waals surface area contributed by atoms with E-state index in [0.29, 0.717) is 12.0 Å². The van der Waals surface area contributed by atoms with E-state index < -0.39 is 0 Å². The molecule has 2 fully saturated rings. The molecule has 0 bridgehead atoms. The lowest BCUT2D eigenvalue weighted by atomic mass is 10.00. The monoisotopic (exact) mass is 300 g/mol. The molecule has 0 saturated carbocycles. The van der Waals surface area contributed by atoms with E-state index in [9.17, 15) is 0 Å². The van der Waals surface area contributed by atoms with Gasteiger partial charge in [-0.3, -0.25) is 0 Å². The van der Waals surface area contributed by atoms with Gasteiger partial charge < -0.3 is 14.2 Å². The van der Waals surface area contributed by atoms with Crippen LogP contribution in [-0.4, -0.2) is 52.8 Å². The zero-order valence-corrected chi connectivity index (χ0v) is 13.2. The molecule has 5 heteroatoms. The third kappa shape index (κ3) is 2.52. The number of likely N-dealkylation sites (tertiary alicyclic amines) is 1. The van der Waals surface area contributed by atoms with Gasteiger partial charge in [0.15, 0.2) is 5.65 Å². The molecular formula is C17H24N4O. The van der Waals surface area contributed by atoms with Gasteiger partial charge in [0, 0.05) is 31.3 Å². The molecule has 2 atom stereocenters. The van der Waals surface area contributed by atoms with Gasteiger partial charge in [-0.25, -0.2) is 9.97 Å². The minimum absolute atomic E-state index is 0.412. The Morgan fingerprint density at radius 2 is 2.23 bits per heavy atom. The predicted octanol–water partition coefficient (Wildman–Crippen LogP) is 2.59. The van der Waals surface area contributed by atoms with Gasteiger partial charge >= 0.3 is 0 Å². The molecule has 22 heavy (non-hydrogen) atoms. The van der Waals surface area contributed by atoms with Crippen LogP contribution in [0.5, 0.6) is 0 Å². The highest BCUT2D eigenvalue weighted by molar-refractivity contribution is 5.71. The molecule has 0 amide bonds. The maximum atomic E-state index is 5.71. The van der Waals surface area contributed by atoms with Crippen LogP contribution in [0.2, 0.25) is 0 Å². The molecule has 0 spiro atoms. The van der Waals surface area contributed by atoms with Crippen molar-refractivity contribution in [1.29, 1.82) is 0 Å². The third-order valence-corrected chi connectivity index (χ3v) is 4.97. The fourth-order valence-electron chi connectivity index (χ4n) is 3.89. The van der Waals surface area contributed by atoms with E-state index in [-0.39, 0.29) is 0 Å². The molecule has 0 radical (unpaired) electrons. The molecule has 4 rings (SSSR count). The van der Waals surface area contributed by atoms with E-state index in [4.69, 9.17) is 9.72 Å². The highest BCUT2D eigenvalue weighted by Crippen LogP contribution is 2.32. The van der Waals surface area contributed by atoms with Crippen molar-refractivity contribution in [3.05, 3.63) is 24.2 Å². The Kier molecular flexibility index (Phi) is 3.84. The first-order valence-electron chi connectivity index (χ1n) is 8.42. The van der Waals surface area contributed by atoms with Crippen LogP contribution in [0.3, 0.4) is 0 Å². The molecule has 2 unspecified atom stereocenters. The Hall–Kier alpha value is -1.46. The average molecular weight is 300 g/mol. The second-order valence-electron chi connectivity index (χ2n) is 6.66. The minimum Gasteiger partial charge on any atom is -0.381 e. The number of hydrogen-bond donors (Lipinski definition) is 0. The number of pyridine rings is 1. The van der Waals surface area contributed by atoms with Crippen LogP contribution < -0.4 is 0 Å². The highest BCUT2D eigenvalue weighted by atomic mass is 16.5. The molecular weight excluding hydrogens is 276 g/mol. The largest absolute Gasteiger partial charge is 0.381 e. The van der Waals surface area contributed by atoms with Crippen LogP contribution in [0.4, 0.5) is 0 Å². The molecule has 0 aliphatic carbocycles. The van der Waals surface area contributed by atoms with Gasteiger partial charge in [0.2, 0.25) is 0 Å². The van der Waals surface area contributed by atoms with Crippen LogP contribution in [0, 0.1) is 0 Å². The Balaban J connectivity index is 1.78. The number of hydrogen-bond acceptors (Lipinski definition) is 4. The lowest BCUT2D eigenvalue weighted by Gasteiger charge is -2.33. The summed E-state index contributed by atoms with van der Waals surface area (Å²) in [6.45, 7) is 3.97. The number of ether oxygens (including phenoxy) is 1. The summed E-state index contributed by atoms with van der Waals surface area (Å²) in [4.78, 5) is 12.0. The number of aromatic nitrogens is 3. The molecule has 5 nitrogen and oxygen atoms in total. The Morgan fingerprint density at radius 1 is 1.27 bits per heavy atom. The summed E-state index contributed by atoms with van der Waals surface area (Å²) < 4.78 is 8.13. The molecule has 0 N–H and O–H groups in total. The fourth-order valence-corrected chi connectivity index (χ4v) is 3.89. The van der Waals surface area contributed by atoms with E-state index in [1.165, 1.54) is 31.6 Å². The van der Waals surface area contributed by atoms with E-state index in [1.807, 2.05) is 12.3 Å². The summed E-state index contributed by atoms with van der Waals surface area (Å²) in [6, 6.07) is 4.54. The maximum Gasteiger partial charge on any atom is 0.160 e. The predicted molar refractivity (Wildman–Crippen MR) is 86.1 cm³/mol. The molecule has 2 aliphatic heterocycles. The fraction of sp³-hybridized carbons (Fsp3) is 0.647. The number of likely N-dealkylation sites (N-methyl/N-ethyl adjacent to an activating group) is 1. The van der Waals surface area contributed by atoms with Gasteiger partial charge in [0.25, 0.3) is 0 Å². The topological polar surface area (TPSA) is 43.2 Å². The third-order valence-electron chi connectivity index (χ3n) is 4.97. The Morgan fingerprint density at radius 3 is 3.05 bits per heavy atom. The van der Waals surface area contributed by atoms with Gasteiger partial charge in [-0.2, -0.15) is 0 Å². The standard InChI is InChI=1S/C17H24N4O/c1-20-9-3-6-14(11-20)21-16(13-5-4-10-22-12-13)19-15-7-2-8-18-17(15)21/h2,7-8,13-14H,3-6,9-12H2,1H3. The average Bonchev–Trinajstić information content (AvgIpc) is 2.95. The SMILES string of the molecule is CN1CCCC(n2c(C3CCCOC3)nc3cccnc32)C1. The Labute approximate surface area is 131 Å². The van der Waals surface area contributed by atoms with Crippen molar-refractivity contribution >= 4 is 11.2 Å². The Bertz CT molecular complexity index is 647. The van der Waals surface area contributed by atoms with Gasteiger partial charge in [-0.1, -0.05) is 0 Å². The summed E-state index contributed by atoms with van der Waals surface area (Å²) in [5, 5.41) is 0.